The zero-order chi connectivity index (χ0) is 19.7. The number of halogens is 1. The van der Waals surface area contributed by atoms with E-state index in [1.54, 1.807) is 10.9 Å². The van der Waals surface area contributed by atoms with Gasteiger partial charge in [-0.1, -0.05) is 12.1 Å². The minimum absolute atomic E-state index is 0.0175. The van der Waals surface area contributed by atoms with E-state index in [0.717, 1.165) is 17.3 Å². The highest BCUT2D eigenvalue weighted by Crippen LogP contribution is 2.36. The van der Waals surface area contributed by atoms with Crippen LogP contribution in [0.2, 0.25) is 0 Å². The van der Waals surface area contributed by atoms with Gasteiger partial charge in [0.1, 0.15) is 6.61 Å². The highest BCUT2D eigenvalue weighted by Gasteiger charge is 2.29. The molecule has 2 heterocycles. The molecular weight excluding hydrogens is 365 g/mol. The van der Waals surface area contributed by atoms with E-state index in [-0.39, 0.29) is 36.1 Å². The minimum Gasteiger partial charge on any atom is -0.478 e. The van der Waals surface area contributed by atoms with E-state index in [9.17, 15) is 14.0 Å². The van der Waals surface area contributed by atoms with Crippen molar-refractivity contribution in [1.29, 1.82) is 0 Å². The van der Waals surface area contributed by atoms with E-state index in [2.05, 4.69) is 5.10 Å². The first-order chi connectivity index (χ1) is 13.6. The standard InChI is InChI=1S/C20H16FN3O4/c21-16-8-14(18(26)11-25)9-17-20(16)28-12-19(27)23(17)10-13-2-4-15(5-3-13)24-7-1-6-22-24/h1-9,25H,10-12H2. The maximum absolute atomic E-state index is 14.4. The van der Waals surface area contributed by atoms with E-state index in [1.165, 1.54) is 11.0 Å². The number of anilines is 1. The van der Waals surface area contributed by atoms with Crippen molar-refractivity contribution in [3.63, 3.8) is 0 Å². The van der Waals surface area contributed by atoms with Gasteiger partial charge in [0, 0.05) is 18.0 Å². The number of nitrogens with zero attached hydrogens (tertiary/aromatic N) is 3. The van der Waals surface area contributed by atoms with Crippen molar-refractivity contribution in [2.24, 2.45) is 0 Å². The number of aromatic nitrogens is 2. The molecule has 2 aromatic carbocycles. The van der Waals surface area contributed by atoms with Crippen LogP contribution in [0, 0.1) is 5.82 Å². The van der Waals surface area contributed by atoms with E-state index in [0.29, 0.717) is 0 Å². The Morgan fingerprint density at radius 1 is 1.25 bits per heavy atom. The first-order valence-electron chi connectivity index (χ1n) is 8.56. The summed E-state index contributed by atoms with van der Waals surface area (Å²) in [6, 6.07) is 11.6. The molecule has 142 valence electrons. The Morgan fingerprint density at radius 2 is 2.04 bits per heavy atom. The predicted octanol–water partition coefficient (Wildman–Crippen LogP) is 2.11. The van der Waals surface area contributed by atoms with Crippen LogP contribution >= 0.6 is 0 Å². The first kappa shape index (κ1) is 17.9. The zero-order valence-electron chi connectivity index (χ0n) is 14.7. The van der Waals surface area contributed by atoms with Crippen molar-refractivity contribution >= 4 is 17.4 Å². The highest BCUT2D eigenvalue weighted by molar-refractivity contribution is 6.02. The molecule has 7 nitrogen and oxygen atoms in total. The summed E-state index contributed by atoms with van der Waals surface area (Å²) in [5, 5.41) is 13.2. The molecule has 1 aliphatic heterocycles. The van der Waals surface area contributed by atoms with Crippen molar-refractivity contribution in [1.82, 2.24) is 9.78 Å². The van der Waals surface area contributed by atoms with E-state index >= 15 is 0 Å². The Kier molecular flexibility index (Phi) is 4.62. The van der Waals surface area contributed by atoms with E-state index in [4.69, 9.17) is 9.84 Å². The smallest absolute Gasteiger partial charge is 0.265 e. The summed E-state index contributed by atoms with van der Waals surface area (Å²) >= 11 is 0. The molecule has 1 aromatic heterocycles. The number of amides is 1. The van der Waals surface area contributed by atoms with Crippen LogP contribution in [0.4, 0.5) is 10.1 Å². The summed E-state index contributed by atoms with van der Waals surface area (Å²) in [6.07, 6.45) is 3.50. The van der Waals surface area contributed by atoms with Crippen molar-refractivity contribution in [2.75, 3.05) is 18.1 Å². The largest absolute Gasteiger partial charge is 0.478 e. The Bertz CT molecular complexity index is 1030. The average molecular weight is 381 g/mol. The fourth-order valence-electron chi connectivity index (χ4n) is 3.05. The second-order valence-corrected chi connectivity index (χ2v) is 6.27. The van der Waals surface area contributed by atoms with Crippen molar-refractivity contribution < 1.29 is 23.8 Å². The summed E-state index contributed by atoms with van der Waals surface area (Å²) in [7, 11) is 0. The minimum atomic E-state index is -0.749. The van der Waals surface area contributed by atoms with Gasteiger partial charge in [0.05, 0.1) is 17.9 Å². The van der Waals surface area contributed by atoms with E-state index in [1.807, 2.05) is 36.5 Å². The van der Waals surface area contributed by atoms with Gasteiger partial charge < -0.3 is 14.7 Å². The molecular formula is C20H16FN3O4. The SMILES string of the molecule is O=C(CO)c1cc(F)c2c(c1)N(Cc1ccc(-n3cccn3)cc1)C(=O)CO2. The van der Waals surface area contributed by atoms with Gasteiger partial charge in [0.15, 0.2) is 24.0 Å². The van der Waals surface area contributed by atoms with Gasteiger partial charge >= 0.3 is 0 Å². The Balaban J connectivity index is 1.66. The number of rotatable bonds is 5. The number of benzene rings is 2. The summed E-state index contributed by atoms with van der Waals surface area (Å²) in [4.78, 5) is 25.6. The third kappa shape index (κ3) is 3.25. The summed E-state index contributed by atoms with van der Waals surface area (Å²) in [6.45, 7) is -0.852. The summed E-state index contributed by atoms with van der Waals surface area (Å²) < 4.78 is 21.3. The molecule has 0 spiro atoms. The Labute approximate surface area is 159 Å². The molecule has 4 rings (SSSR count). The predicted molar refractivity (Wildman–Crippen MR) is 98.1 cm³/mol. The van der Waals surface area contributed by atoms with Crippen LogP contribution in [0.3, 0.4) is 0 Å². The number of Topliss-reactive ketones (excluding diaryl/α,β-unsaturated/α-hetero) is 1. The fourth-order valence-corrected chi connectivity index (χ4v) is 3.05. The van der Waals surface area contributed by atoms with Gasteiger partial charge in [-0.2, -0.15) is 5.10 Å². The third-order valence-corrected chi connectivity index (χ3v) is 4.47. The second kappa shape index (κ2) is 7.24. The monoisotopic (exact) mass is 381 g/mol. The lowest BCUT2D eigenvalue weighted by Gasteiger charge is -2.30. The zero-order valence-corrected chi connectivity index (χ0v) is 14.7. The molecule has 0 unspecified atom stereocenters. The van der Waals surface area contributed by atoms with Crippen LogP contribution in [0.1, 0.15) is 15.9 Å². The number of fused-ring (bicyclic) bond motifs is 1. The van der Waals surface area contributed by atoms with Crippen LogP contribution in [0.25, 0.3) is 5.69 Å². The van der Waals surface area contributed by atoms with E-state index < -0.39 is 18.2 Å². The third-order valence-electron chi connectivity index (χ3n) is 4.47. The van der Waals surface area contributed by atoms with Crippen LogP contribution < -0.4 is 9.64 Å². The number of ketones is 1. The quantitative estimate of drug-likeness (QED) is 0.685. The fraction of sp³-hybridized carbons (Fsp3) is 0.150. The Hall–Kier alpha value is -3.52. The van der Waals surface area contributed by atoms with Crippen molar-refractivity contribution in [3.8, 4) is 11.4 Å². The lowest BCUT2D eigenvalue weighted by molar-refractivity contribution is -0.121. The van der Waals surface area contributed by atoms with Gasteiger partial charge in [-0.15, -0.1) is 0 Å². The molecule has 28 heavy (non-hydrogen) atoms. The van der Waals surface area contributed by atoms with Gasteiger partial charge in [0.2, 0.25) is 0 Å². The summed E-state index contributed by atoms with van der Waals surface area (Å²) in [5.74, 6) is -1.82. The van der Waals surface area contributed by atoms with Crippen molar-refractivity contribution in [2.45, 2.75) is 6.54 Å². The molecule has 1 amide bonds. The maximum Gasteiger partial charge on any atom is 0.265 e. The number of hydrogen-bond acceptors (Lipinski definition) is 5. The van der Waals surface area contributed by atoms with Crippen LogP contribution in [0.15, 0.2) is 54.9 Å². The molecule has 8 heteroatoms. The topological polar surface area (TPSA) is 84.7 Å². The molecule has 1 N–H and O–H groups in total. The molecule has 3 aromatic rings. The van der Waals surface area contributed by atoms with Gasteiger partial charge in [-0.25, -0.2) is 9.07 Å². The number of carbonyl (C=O) groups is 2. The lowest BCUT2D eigenvalue weighted by Crippen LogP contribution is -2.38. The molecule has 0 saturated carbocycles. The molecule has 1 aliphatic rings. The number of aliphatic hydroxyl groups excluding tert-OH is 1. The molecule has 0 radical (unpaired) electrons. The average Bonchev–Trinajstić information content (AvgIpc) is 3.24. The van der Waals surface area contributed by atoms with Crippen LogP contribution in [-0.4, -0.2) is 39.8 Å². The van der Waals surface area contributed by atoms with Crippen LogP contribution in [0.5, 0.6) is 5.75 Å². The van der Waals surface area contributed by atoms with Crippen LogP contribution in [-0.2, 0) is 11.3 Å². The van der Waals surface area contributed by atoms with Gasteiger partial charge in [-0.3, -0.25) is 9.59 Å². The second-order valence-electron chi connectivity index (χ2n) is 6.27. The Morgan fingerprint density at radius 3 is 2.71 bits per heavy atom. The van der Waals surface area contributed by atoms with Crippen molar-refractivity contribution in [3.05, 3.63) is 71.8 Å². The number of aliphatic hydroxyl groups is 1. The normalized spacial score (nSPS) is 13.2. The molecule has 0 saturated heterocycles. The molecule has 0 atom stereocenters. The number of hydrogen-bond donors (Lipinski definition) is 1. The molecule has 0 aliphatic carbocycles. The highest BCUT2D eigenvalue weighted by atomic mass is 19.1. The summed E-state index contributed by atoms with van der Waals surface area (Å²) in [5.41, 5.74) is 1.83. The van der Waals surface area contributed by atoms with Gasteiger partial charge in [-0.05, 0) is 35.9 Å². The molecule has 0 fully saturated rings. The molecule has 0 bridgehead atoms. The van der Waals surface area contributed by atoms with Gasteiger partial charge in [0.25, 0.3) is 5.91 Å². The maximum atomic E-state index is 14.4. The number of carbonyl (C=O) groups excluding carboxylic acids is 2. The lowest BCUT2D eigenvalue weighted by atomic mass is 10.1. The first-order valence-corrected chi connectivity index (χ1v) is 8.56. The number of ether oxygens (including phenoxy) is 1.